The first-order valence-corrected chi connectivity index (χ1v) is 8.70. The van der Waals surface area contributed by atoms with Gasteiger partial charge in [0.2, 0.25) is 5.91 Å². The Morgan fingerprint density at radius 1 is 1.15 bits per heavy atom. The Balaban J connectivity index is 1.57. The number of hydrazone groups is 1. The van der Waals surface area contributed by atoms with Gasteiger partial charge in [0.25, 0.3) is 0 Å². The van der Waals surface area contributed by atoms with Crippen LogP contribution in [-0.2, 0) is 11.3 Å². The fourth-order valence-corrected chi connectivity index (χ4v) is 3.01. The lowest BCUT2D eigenvalue weighted by Crippen LogP contribution is -2.19. The quantitative estimate of drug-likeness (QED) is 0.515. The maximum absolute atomic E-state index is 12.1. The van der Waals surface area contributed by atoms with Gasteiger partial charge in [0.05, 0.1) is 20.4 Å². The van der Waals surface area contributed by atoms with Crippen molar-refractivity contribution < 1.29 is 14.3 Å². The molecule has 0 spiro atoms. The fraction of sp³-hybridized carbons (Fsp3) is 0.238. The van der Waals surface area contributed by atoms with Crippen molar-refractivity contribution in [1.82, 2.24) is 9.99 Å². The molecular weight excluding hydrogens is 342 g/mol. The summed E-state index contributed by atoms with van der Waals surface area (Å²) in [5, 5.41) is 5.23. The highest BCUT2D eigenvalue weighted by molar-refractivity contribution is 5.85. The van der Waals surface area contributed by atoms with Crippen LogP contribution in [0.25, 0.3) is 10.9 Å². The molecule has 1 aromatic heterocycles. The minimum atomic E-state index is -0.137. The zero-order valence-corrected chi connectivity index (χ0v) is 15.7. The van der Waals surface area contributed by atoms with Gasteiger partial charge in [0.15, 0.2) is 11.5 Å². The fourth-order valence-electron chi connectivity index (χ4n) is 3.01. The molecule has 0 bridgehead atoms. The standard InChI is InChI=1S/C21H23N3O3/c1-15-14-24(18-7-5-4-6-17(15)18)11-10-21(25)23-22-13-16-8-9-19(26-2)20(12-16)27-3/h4-9,12-14H,10-11H2,1-3H3,(H,23,25)/b22-13+. The van der Waals surface area contributed by atoms with Crippen LogP contribution < -0.4 is 14.9 Å². The van der Waals surface area contributed by atoms with Gasteiger partial charge >= 0.3 is 0 Å². The van der Waals surface area contributed by atoms with Crippen LogP contribution in [0.4, 0.5) is 0 Å². The number of hydrogen-bond donors (Lipinski definition) is 1. The van der Waals surface area contributed by atoms with Crippen molar-refractivity contribution >= 4 is 23.0 Å². The van der Waals surface area contributed by atoms with Crippen LogP contribution in [0.5, 0.6) is 11.5 Å². The van der Waals surface area contributed by atoms with Crippen molar-refractivity contribution in [3.05, 3.63) is 59.8 Å². The molecule has 27 heavy (non-hydrogen) atoms. The van der Waals surface area contributed by atoms with Crippen LogP contribution in [-0.4, -0.2) is 30.9 Å². The highest BCUT2D eigenvalue weighted by Crippen LogP contribution is 2.26. The Kier molecular flexibility index (Phi) is 5.76. The molecule has 6 heteroatoms. The molecule has 3 rings (SSSR count). The first-order chi connectivity index (χ1) is 13.1. The van der Waals surface area contributed by atoms with Gasteiger partial charge in [0.1, 0.15) is 0 Å². The number of hydrogen-bond acceptors (Lipinski definition) is 4. The second kappa shape index (κ2) is 8.40. The number of amides is 1. The van der Waals surface area contributed by atoms with Crippen molar-refractivity contribution in [1.29, 1.82) is 0 Å². The Hall–Kier alpha value is -3.28. The van der Waals surface area contributed by atoms with Crippen molar-refractivity contribution in [2.45, 2.75) is 19.9 Å². The third-order valence-corrected chi connectivity index (χ3v) is 4.38. The first-order valence-electron chi connectivity index (χ1n) is 8.70. The van der Waals surface area contributed by atoms with Crippen molar-refractivity contribution in [3.8, 4) is 11.5 Å². The Labute approximate surface area is 158 Å². The van der Waals surface area contributed by atoms with Crippen LogP contribution in [0.3, 0.4) is 0 Å². The van der Waals surface area contributed by atoms with E-state index in [2.05, 4.69) is 40.3 Å². The molecule has 1 N–H and O–H groups in total. The number of ether oxygens (including phenoxy) is 2. The summed E-state index contributed by atoms with van der Waals surface area (Å²) in [7, 11) is 3.16. The van der Waals surface area contributed by atoms with E-state index in [1.54, 1.807) is 32.6 Å². The predicted molar refractivity (Wildman–Crippen MR) is 107 cm³/mol. The summed E-state index contributed by atoms with van der Waals surface area (Å²) in [5.41, 5.74) is 5.71. The van der Waals surface area contributed by atoms with E-state index >= 15 is 0 Å². The molecule has 6 nitrogen and oxygen atoms in total. The van der Waals surface area contributed by atoms with E-state index in [9.17, 15) is 4.79 Å². The third-order valence-electron chi connectivity index (χ3n) is 4.38. The summed E-state index contributed by atoms with van der Waals surface area (Å²) in [6.07, 6.45) is 4.00. The number of carbonyl (C=O) groups is 1. The molecule has 0 radical (unpaired) electrons. The first kappa shape index (κ1) is 18.5. The van der Waals surface area contributed by atoms with Crippen molar-refractivity contribution in [2.24, 2.45) is 5.10 Å². The number of nitrogens with zero attached hydrogens (tertiary/aromatic N) is 2. The van der Waals surface area contributed by atoms with Gasteiger partial charge in [-0.05, 0) is 42.3 Å². The van der Waals surface area contributed by atoms with E-state index in [0.29, 0.717) is 24.5 Å². The second-order valence-corrected chi connectivity index (χ2v) is 6.18. The molecule has 0 saturated heterocycles. The minimum absolute atomic E-state index is 0.137. The molecule has 2 aromatic carbocycles. The zero-order chi connectivity index (χ0) is 19.2. The molecule has 1 heterocycles. The van der Waals surface area contributed by atoms with Gasteiger partial charge in [-0.3, -0.25) is 4.79 Å². The molecule has 0 fully saturated rings. The van der Waals surface area contributed by atoms with E-state index in [0.717, 1.165) is 11.1 Å². The number of rotatable bonds is 7. The Morgan fingerprint density at radius 2 is 1.93 bits per heavy atom. The summed E-state index contributed by atoms with van der Waals surface area (Å²) in [4.78, 5) is 12.1. The van der Waals surface area contributed by atoms with E-state index in [1.807, 2.05) is 18.2 Å². The van der Waals surface area contributed by atoms with Gasteiger partial charge in [-0.15, -0.1) is 0 Å². The number of carbonyl (C=O) groups excluding carboxylic acids is 1. The predicted octanol–water partition coefficient (Wildman–Crippen LogP) is 3.51. The molecule has 3 aromatic rings. The lowest BCUT2D eigenvalue weighted by molar-refractivity contribution is -0.121. The number of aromatic nitrogens is 1. The number of methoxy groups -OCH3 is 2. The number of aryl methyl sites for hydroxylation is 2. The Morgan fingerprint density at radius 3 is 2.70 bits per heavy atom. The average molecular weight is 365 g/mol. The van der Waals surface area contributed by atoms with Crippen LogP contribution in [0.1, 0.15) is 17.5 Å². The Bertz CT molecular complexity index is 976. The summed E-state index contributed by atoms with van der Waals surface area (Å²) in [6, 6.07) is 13.6. The molecule has 140 valence electrons. The van der Waals surface area contributed by atoms with Gasteiger partial charge in [-0.25, -0.2) is 5.43 Å². The molecule has 0 aliphatic rings. The van der Waals surface area contributed by atoms with Crippen LogP contribution in [0.2, 0.25) is 0 Å². The number of fused-ring (bicyclic) bond motifs is 1. The van der Waals surface area contributed by atoms with E-state index in [1.165, 1.54) is 10.9 Å². The smallest absolute Gasteiger partial charge is 0.241 e. The average Bonchev–Trinajstić information content (AvgIpc) is 3.02. The van der Waals surface area contributed by atoms with Gasteiger partial charge in [0, 0.05) is 30.1 Å². The summed E-state index contributed by atoms with van der Waals surface area (Å²) in [6.45, 7) is 2.68. The van der Waals surface area contributed by atoms with Gasteiger partial charge in [-0.2, -0.15) is 5.10 Å². The number of para-hydroxylation sites is 1. The summed E-state index contributed by atoms with van der Waals surface area (Å²) in [5.74, 6) is 1.12. The van der Waals surface area contributed by atoms with Crippen molar-refractivity contribution in [3.63, 3.8) is 0 Å². The van der Waals surface area contributed by atoms with Crippen molar-refractivity contribution in [2.75, 3.05) is 14.2 Å². The van der Waals surface area contributed by atoms with E-state index in [-0.39, 0.29) is 5.91 Å². The lowest BCUT2D eigenvalue weighted by atomic mass is 10.2. The highest BCUT2D eigenvalue weighted by atomic mass is 16.5. The largest absolute Gasteiger partial charge is 0.493 e. The molecular formula is C21H23N3O3. The number of benzene rings is 2. The van der Waals surface area contributed by atoms with E-state index < -0.39 is 0 Å². The monoisotopic (exact) mass is 365 g/mol. The summed E-state index contributed by atoms with van der Waals surface area (Å²) < 4.78 is 12.6. The summed E-state index contributed by atoms with van der Waals surface area (Å²) >= 11 is 0. The van der Waals surface area contributed by atoms with Gasteiger partial charge < -0.3 is 14.0 Å². The van der Waals surface area contributed by atoms with Crippen LogP contribution in [0, 0.1) is 6.92 Å². The highest BCUT2D eigenvalue weighted by Gasteiger charge is 2.07. The second-order valence-electron chi connectivity index (χ2n) is 6.18. The number of nitrogens with one attached hydrogen (secondary N) is 1. The normalized spacial score (nSPS) is 11.1. The molecule has 1 amide bonds. The minimum Gasteiger partial charge on any atom is -0.493 e. The molecule has 0 atom stereocenters. The molecule has 0 aliphatic carbocycles. The maximum atomic E-state index is 12.1. The molecule has 0 aliphatic heterocycles. The zero-order valence-electron chi connectivity index (χ0n) is 15.7. The topological polar surface area (TPSA) is 64.8 Å². The van der Waals surface area contributed by atoms with E-state index in [4.69, 9.17) is 9.47 Å². The van der Waals surface area contributed by atoms with Crippen LogP contribution >= 0.6 is 0 Å². The lowest BCUT2D eigenvalue weighted by Gasteiger charge is -2.07. The SMILES string of the molecule is COc1ccc(/C=N/NC(=O)CCn2cc(C)c3ccccc32)cc1OC. The maximum Gasteiger partial charge on any atom is 0.241 e. The molecule has 0 unspecified atom stereocenters. The van der Waals surface area contributed by atoms with Crippen LogP contribution in [0.15, 0.2) is 53.8 Å². The van der Waals surface area contributed by atoms with Gasteiger partial charge in [-0.1, -0.05) is 18.2 Å². The third kappa shape index (κ3) is 4.28. The molecule has 0 saturated carbocycles.